The van der Waals surface area contributed by atoms with Gasteiger partial charge in [-0.1, -0.05) is 41.9 Å². The Kier molecular flexibility index (Phi) is 5.01. The summed E-state index contributed by atoms with van der Waals surface area (Å²) in [5.74, 6) is 0.382. The van der Waals surface area contributed by atoms with Crippen LogP contribution in [-0.2, 0) is 16.1 Å². The molecule has 0 saturated carbocycles. The van der Waals surface area contributed by atoms with Crippen LogP contribution < -0.4 is 15.0 Å². The van der Waals surface area contributed by atoms with E-state index in [0.29, 0.717) is 29.5 Å². The second kappa shape index (κ2) is 7.36. The van der Waals surface area contributed by atoms with E-state index in [-0.39, 0.29) is 24.8 Å². The van der Waals surface area contributed by atoms with E-state index in [2.05, 4.69) is 5.32 Å². The van der Waals surface area contributed by atoms with Crippen molar-refractivity contribution in [3.63, 3.8) is 0 Å². The molecule has 2 aromatic carbocycles. The molecule has 6 heteroatoms. The van der Waals surface area contributed by atoms with Gasteiger partial charge in [-0.05, 0) is 23.8 Å². The number of halogens is 1. The van der Waals surface area contributed by atoms with Crippen LogP contribution in [0.2, 0.25) is 5.02 Å². The Morgan fingerprint density at radius 3 is 2.75 bits per heavy atom. The number of hydrogen-bond donors (Lipinski definition) is 1. The second-order valence-electron chi connectivity index (χ2n) is 5.42. The fraction of sp³-hybridized carbons (Fsp3) is 0.222. The maximum atomic E-state index is 12.1. The van der Waals surface area contributed by atoms with Gasteiger partial charge in [0.2, 0.25) is 5.91 Å². The molecule has 0 unspecified atom stereocenters. The van der Waals surface area contributed by atoms with Crippen molar-refractivity contribution in [1.82, 2.24) is 5.32 Å². The summed E-state index contributed by atoms with van der Waals surface area (Å²) in [7, 11) is 0. The van der Waals surface area contributed by atoms with Crippen LogP contribution in [0, 0.1) is 0 Å². The zero-order valence-corrected chi connectivity index (χ0v) is 13.8. The fourth-order valence-electron chi connectivity index (χ4n) is 2.54. The number of carbonyl (C=O) groups is 2. The molecule has 0 aliphatic carbocycles. The lowest BCUT2D eigenvalue weighted by Crippen LogP contribution is -2.41. The molecule has 1 aliphatic rings. The topological polar surface area (TPSA) is 58.6 Å². The highest BCUT2D eigenvalue weighted by molar-refractivity contribution is 6.31. The summed E-state index contributed by atoms with van der Waals surface area (Å²) in [6, 6.07) is 14.7. The largest absolute Gasteiger partial charge is 0.482 e. The van der Waals surface area contributed by atoms with Crippen LogP contribution in [0.1, 0.15) is 12.0 Å². The smallest absolute Gasteiger partial charge is 0.265 e. The van der Waals surface area contributed by atoms with Gasteiger partial charge in [-0.2, -0.15) is 0 Å². The van der Waals surface area contributed by atoms with Gasteiger partial charge in [-0.15, -0.1) is 0 Å². The minimum Gasteiger partial charge on any atom is -0.482 e. The number of carbonyl (C=O) groups excluding carboxylic acids is 2. The van der Waals surface area contributed by atoms with Crippen molar-refractivity contribution in [2.45, 2.75) is 13.0 Å². The highest BCUT2D eigenvalue weighted by Gasteiger charge is 2.25. The number of nitrogens with zero attached hydrogens (tertiary/aromatic N) is 1. The van der Waals surface area contributed by atoms with Gasteiger partial charge in [0.1, 0.15) is 5.75 Å². The zero-order valence-electron chi connectivity index (χ0n) is 13.0. The summed E-state index contributed by atoms with van der Waals surface area (Å²) in [6.45, 7) is 0.679. The highest BCUT2D eigenvalue weighted by Crippen LogP contribution is 2.31. The average molecular weight is 345 g/mol. The first kappa shape index (κ1) is 16.3. The molecule has 1 aliphatic heterocycles. The van der Waals surface area contributed by atoms with Crippen molar-refractivity contribution in [2.24, 2.45) is 0 Å². The van der Waals surface area contributed by atoms with Crippen molar-refractivity contribution >= 4 is 29.1 Å². The van der Waals surface area contributed by atoms with E-state index in [1.165, 1.54) is 0 Å². The first-order valence-corrected chi connectivity index (χ1v) is 8.05. The van der Waals surface area contributed by atoms with Crippen LogP contribution in [0.3, 0.4) is 0 Å². The predicted octanol–water partition coefficient (Wildman–Crippen LogP) is 2.77. The maximum Gasteiger partial charge on any atom is 0.265 e. The molecule has 2 amide bonds. The van der Waals surface area contributed by atoms with E-state index in [1.54, 1.807) is 11.0 Å². The normalized spacial score (nSPS) is 13.2. The lowest BCUT2D eigenvalue weighted by atomic mass is 10.2. The maximum absolute atomic E-state index is 12.1. The third-order valence-electron chi connectivity index (χ3n) is 3.80. The Hall–Kier alpha value is -2.53. The monoisotopic (exact) mass is 344 g/mol. The Balaban J connectivity index is 1.57. The van der Waals surface area contributed by atoms with E-state index in [1.807, 2.05) is 42.5 Å². The molecular weight excluding hydrogens is 328 g/mol. The van der Waals surface area contributed by atoms with Gasteiger partial charge in [0, 0.05) is 24.5 Å². The van der Waals surface area contributed by atoms with Gasteiger partial charge in [0.25, 0.3) is 5.91 Å². The van der Waals surface area contributed by atoms with Crippen LogP contribution in [0.4, 0.5) is 5.69 Å². The van der Waals surface area contributed by atoms with Crippen molar-refractivity contribution in [2.75, 3.05) is 18.1 Å². The van der Waals surface area contributed by atoms with E-state index < -0.39 is 0 Å². The molecule has 124 valence electrons. The van der Waals surface area contributed by atoms with Crippen molar-refractivity contribution < 1.29 is 14.3 Å². The Morgan fingerprint density at radius 1 is 1.17 bits per heavy atom. The number of ether oxygens (including phenoxy) is 1. The van der Waals surface area contributed by atoms with Crippen LogP contribution in [0.5, 0.6) is 5.75 Å². The molecule has 24 heavy (non-hydrogen) atoms. The number of anilines is 1. The Labute approximate surface area is 145 Å². The highest BCUT2D eigenvalue weighted by atomic mass is 35.5. The first-order chi connectivity index (χ1) is 11.6. The summed E-state index contributed by atoms with van der Waals surface area (Å²) < 4.78 is 5.38. The van der Waals surface area contributed by atoms with E-state index in [9.17, 15) is 9.59 Å². The standard InChI is InChI=1S/C18H17ClN2O3/c19-14-6-2-1-5-13(14)11-20-17(22)9-10-21-15-7-3-4-8-16(15)24-12-18(21)23/h1-8H,9-12H2,(H,20,22). The van der Waals surface area contributed by atoms with Crippen LogP contribution in [0.15, 0.2) is 48.5 Å². The van der Waals surface area contributed by atoms with E-state index in [4.69, 9.17) is 16.3 Å². The van der Waals surface area contributed by atoms with Gasteiger partial charge >= 0.3 is 0 Å². The van der Waals surface area contributed by atoms with E-state index >= 15 is 0 Å². The van der Waals surface area contributed by atoms with E-state index in [0.717, 1.165) is 5.56 Å². The quantitative estimate of drug-likeness (QED) is 0.907. The van der Waals surface area contributed by atoms with Gasteiger partial charge < -0.3 is 15.0 Å². The van der Waals surface area contributed by atoms with Crippen LogP contribution in [0.25, 0.3) is 0 Å². The fourth-order valence-corrected chi connectivity index (χ4v) is 2.74. The Morgan fingerprint density at radius 2 is 1.92 bits per heavy atom. The molecular formula is C18H17ClN2O3. The molecule has 5 nitrogen and oxygen atoms in total. The van der Waals surface area contributed by atoms with Gasteiger partial charge in [0.05, 0.1) is 5.69 Å². The van der Waals surface area contributed by atoms with Crippen LogP contribution in [-0.4, -0.2) is 25.0 Å². The minimum atomic E-state index is -0.146. The zero-order chi connectivity index (χ0) is 16.9. The number of nitrogens with one attached hydrogen (secondary N) is 1. The molecule has 0 saturated heterocycles. The number of para-hydroxylation sites is 2. The second-order valence-corrected chi connectivity index (χ2v) is 5.83. The molecule has 0 radical (unpaired) electrons. The summed E-state index contributed by atoms with van der Waals surface area (Å²) in [6.07, 6.45) is 0.213. The number of benzene rings is 2. The molecule has 3 rings (SSSR count). The van der Waals surface area contributed by atoms with Gasteiger partial charge in [0.15, 0.2) is 6.61 Å². The third-order valence-corrected chi connectivity index (χ3v) is 4.17. The molecule has 0 bridgehead atoms. The number of fused-ring (bicyclic) bond motifs is 1. The molecule has 0 spiro atoms. The van der Waals surface area contributed by atoms with Crippen molar-refractivity contribution in [3.05, 3.63) is 59.1 Å². The van der Waals surface area contributed by atoms with Gasteiger partial charge in [-0.25, -0.2) is 0 Å². The predicted molar refractivity (Wildman–Crippen MR) is 92.2 cm³/mol. The van der Waals surface area contributed by atoms with Crippen molar-refractivity contribution in [1.29, 1.82) is 0 Å². The van der Waals surface area contributed by atoms with Gasteiger partial charge in [-0.3, -0.25) is 9.59 Å². The van der Waals surface area contributed by atoms with Crippen molar-refractivity contribution in [3.8, 4) is 5.75 Å². The molecule has 0 fully saturated rings. The summed E-state index contributed by atoms with van der Waals surface area (Å²) in [5.41, 5.74) is 1.56. The molecule has 0 atom stereocenters. The number of hydrogen-bond acceptors (Lipinski definition) is 3. The van der Waals surface area contributed by atoms with Crippen LogP contribution >= 0.6 is 11.6 Å². The summed E-state index contributed by atoms with van der Waals surface area (Å²) in [5, 5.41) is 3.45. The number of rotatable bonds is 5. The molecule has 0 aromatic heterocycles. The SMILES string of the molecule is O=C(CCN1C(=O)COc2ccccc21)NCc1ccccc1Cl. The molecule has 2 aromatic rings. The third kappa shape index (κ3) is 3.68. The lowest BCUT2D eigenvalue weighted by molar-refractivity contribution is -0.122. The summed E-state index contributed by atoms with van der Waals surface area (Å²) in [4.78, 5) is 25.7. The molecule has 1 N–H and O–H groups in total. The Bertz CT molecular complexity index is 763. The minimum absolute atomic E-state index is 0.00173. The average Bonchev–Trinajstić information content (AvgIpc) is 2.60. The lowest BCUT2D eigenvalue weighted by Gasteiger charge is -2.29. The number of amides is 2. The molecule has 1 heterocycles. The first-order valence-electron chi connectivity index (χ1n) is 7.67. The summed E-state index contributed by atoms with van der Waals surface area (Å²) >= 11 is 6.06.